The molecule has 0 aliphatic rings. The van der Waals surface area contributed by atoms with Gasteiger partial charge < -0.3 is 10.4 Å². The van der Waals surface area contributed by atoms with Crippen molar-refractivity contribution in [2.24, 2.45) is 0 Å². The third kappa shape index (κ3) is 3.31. The Morgan fingerprint density at radius 1 is 1.26 bits per heavy atom. The second kappa shape index (κ2) is 5.00. The maximum absolute atomic E-state index is 12.4. The molecule has 1 amide bonds. The molecule has 1 atom stereocenters. The minimum absolute atomic E-state index is 0.00206. The van der Waals surface area contributed by atoms with E-state index < -0.39 is 17.7 Å². The van der Waals surface area contributed by atoms with Crippen molar-refractivity contribution in [3.8, 4) is 0 Å². The van der Waals surface area contributed by atoms with Crippen LogP contribution in [0.2, 0.25) is 0 Å². The van der Waals surface area contributed by atoms with Gasteiger partial charge in [-0.1, -0.05) is 12.1 Å². The molecule has 0 bridgehead atoms. The molecule has 0 spiro atoms. The van der Waals surface area contributed by atoms with E-state index in [0.29, 0.717) is 6.92 Å². The molecular formula is C12H12F3NO3. The number of carbonyl (C=O) groups is 2. The summed E-state index contributed by atoms with van der Waals surface area (Å²) in [4.78, 5) is 22.5. The number of carbonyl (C=O) groups excluding carboxylic acids is 2. The topological polar surface area (TPSA) is 66.4 Å². The summed E-state index contributed by atoms with van der Waals surface area (Å²) in [5.74, 6) is -1.90. The van der Waals surface area contributed by atoms with Gasteiger partial charge in [-0.15, -0.1) is 0 Å². The first-order valence-corrected chi connectivity index (χ1v) is 5.27. The van der Waals surface area contributed by atoms with Crippen molar-refractivity contribution in [2.75, 3.05) is 5.32 Å². The number of anilines is 1. The second-order valence-corrected chi connectivity index (χ2v) is 4.16. The molecule has 0 saturated carbocycles. The number of ketones is 1. The van der Waals surface area contributed by atoms with Gasteiger partial charge in [0.1, 0.15) is 0 Å². The number of amides is 1. The number of rotatable bonds is 3. The highest BCUT2D eigenvalue weighted by Crippen LogP contribution is 2.31. The quantitative estimate of drug-likeness (QED) is 0.830. The number of alkyl halides is 3. The van der Waals surface area contributed by atoms with Gasteiger partial charge in [0.2, 0.25) is 5.60 Å². The second-order valence-electron chi connectivity index (χ2n) is 4.16. The van der Waals surface area contributed by atoms with Crippen LogP contribution in [0.25, 0.3) is 0 Å². The molecular weight excluding hydrogens is 263 g/mol. The van der Waals surface area contributed by atoms with E-state index in [4.69, 9.17) is 5.11 Å². The van der Waals surface area contributed by atoms with Crippen molar-refractivity contribution in [3.05, 3.63) is 29.8 Å². The van der Waals surface area contributed by atoms with E-state index in [0.717, 1.165) is 0 Å². The summed E-state index contributed by atoms with van der Waals surface area (Å²) in [6.45, 7) is 1.64. The number of halogens is 3. The van der Waals surface area contributed by atoms with Gasteiger partial charge in [-0.25, -0.2) is 0 Å². The maximum atomic E-state index is 12.4. The van der Waals surface area contributed by atoms with Crippen molar-refractivity contribution in [1.82, 2.24) is 0 Å². The van der Waals surface area contributed by atoms with E-state index in [2.05, 4.69) is 0 Å². The number of nitrogens with one attached hydrogen (secondary N) is 1. The Labute approximate surface area is 107 Å². The third-order valence-electron chi connectivity index (χ3n) is 2.52. The van der Waals surface area contributed by atoms with E-state index in [1.165, 1.54) is 31.2 Å². The zero-order valence-electron chi connectivity index (χ0n) is 10.2. The molecule has 0 radical (unpaired) electrons. The summed E-state index contributed by atoms with van der Waals surface area (Å²) >= 11 is 0. The highest BCUT2D eigenvalue weighted by molar-refractivity contribution is 5.99. The van der Waals surface area contributed by atoms with Crippen LogP contribution in [-0.4, -0.2) is 28.6 Å². The lowest BCUT2D eigenvalue weighted by molar-refractivity contribution is -0.242. The SMILES string of the molecule is CC(=O)c1cccc(NC(=O)[C@@](C)(O)C(F)(F)F)c1. The van der Waals surface area contributed by atoms with Gasteiger partial charge in [0.05, 0.1) is 0 Å². The fraction of sp³-hybridized carbons (Fsp3) is 0.333. The van der Waals surface area contributed by atoms with Crippen LogP contribution in [0.15, 0.2) is 24.3 Å². The fourth-order valence-corrected chi connectivity index (χ4v) is 1.20. The Morgan fingerprint density at radius 2 is 1.84 bits per heavy atom. The zero-order valence-corrected chi connectivity index (χ0v) is 10.2. The van der Waals surface area contributed by atoms with Gasteiger partial charge in [0, 0.05) is 11.3 Å². The Kier molecular flexibility index (Phi) is 4.00. The first kappa shape index (κ1) is 15.2. The summed E-state index contributed by atoms with van der Waals surface area (Å²) in [6, 6.07) is 5.41. The molecule has 1 rings (SSSR count). The number of aliphatic hydroxyl groups is 1. The predicted octanol–water partition coefficient (Wildman–Crippen LogP) is 2.14. The summed E-state index contributed by atoms with van der Waals surface area (Å²) < 4.78 is 37.3. The summed E-state index contributed by atoms with van der Waals surface area (Å²) in [5.41, 5.74) is -3.26. The molecule has 2 N–H and O–H groups in total. The Bertz CT molecular complexity index is 509. The smallest absolute Gasteiger partial charge is 0.373 e. The van der Waals surface area contributed by atoms with Crippen LogP contribution in [0, 0.1) is 0 Å². The summed E-state index contributed by atoms with van der Waals surface area (Å²) in [7, 11) is 0. The van der Waals surface area contributed by atoms with Gasteiger partial charge in [-0.2, -0.15) is 13.2 Å². The van der Waals surface area contributed by atoms with Crippen LogP contribution in [0.5, 0.6) is 0 Å². The van der Waals surface area contributed by atoms with Crippen molar-refractivity contribution in [3.63, 3.8) is 0 Å². The van der Waals surface area contributed by atoms with Crippen LogP contribution >= 0.6 is 0 Å². The lowest BCUT2D eigenvalue weighted by Gasteiger charge is -2.24. The van der Waals surface area contributed by atoms with E-state index in [-0.39, 0.29) is 17.0 Å². The highest BCUT2D eigenvalue weighted by Gasteiger charge is 2.55. The van der Waals surface area contributed by atoms with Crippen molar-refractivity contribution in [1.29, 1.82) is 0 Å². The molecule has 104 valence electrons. The molecule has 0 aromatic heterocycles. The zero-order chi connectivity index (χ0) is 14.8. The van der Waals surface area contributed by atoms with Crippen molar-refractivity contribution < 1.29 is 27.9 Å². The molecule has 1 aromatic rings. The standard InChI is InChI=1S/C12H12F3NO3/c1-7(17)8-4-3-5-9(6-8)16-10(18)11(2,19)12(13,14)15/h3-6,19H,1-2H3,(H,16,18)/t11-/m1/s1. The molecule has 0 saturated heterocycles. The van der Waals surface area contributed by atoms with E-state index in [9.17, 15) is 22.8 Å². The summed E-state index contributed by atoms with van der Waals surface area (Å²) in [6.07, 6.45) is -5.09. The maximum Gasteiger partial charge on any atom is 0.426 e. The van der Waals surface area contributed by atoms with Gasteiger partial charge in [0.25, 0.3) is 5.91 Å². The largest absolute Gasteiger partial charge is 0.426 e. The molecule has 19 heavy (non-hydrogen) atoms. The van der Waals surface area contributed by atoms with Crippen molar-refractivity contribution in [2.45, 2.75) is 25.6 Å². The molecule has 0 aliphatic carbocycles. The van der Waals surface area contributed by atoms with Crippen LogP contribution in [0.4, 0.5) is 18.9 Å². The molecule has 0 unspecified atom stereocenters. The normalized spacial score (nSPS) is 14.6. The van der Waals surface area contributed by atoms with Crippen molar-refractivity contribution >= 4 is 17.4 Å². The van der Waals surface area contributed by atoms with Crippen LogP contribution in [-0.2, 0) is 4.79 Å². The highest BCUT2D eigenvalue weighted by atomic mass is 19.4. The third-order valence-corrected chi connectivity index (χ3v) is 2.52. The van der Waals surface area contributed by atoms with E-state index in [1.54, 1.807) is 0 Å². The number of hydrogen-bond acceptors (Lipinski definition) is 3. The molecule has 0 fully saturated rings. The molecule has 1 aromatic carbocycles. The first-order chi connectivity index (χ1) is 8.55. The lowest BCUT2D eigenvalue weighted by atomic mass is 10.1. The average Bonchev–Trinajstić information content (AvgIpc) is 2.27. The van der Waals surface area contributed by atoms with E-state index >= 15 is 0 Å². The van der Waals surface area contributed by atoms with Crippen LogP contribution in [0.3, 0.4) is 0 Å². The van der Waals surface area contributed by atoms with Gasteiger partial charge >= 0.3 is 6.18 Å². The Balaban J connectivity index is 2.95. The minimum atomic E-state index is -5.09. The monoisotopic (exact) mass is 275 g/mol. The Hall–Kier alpha value is -1.89. The van der Waals surface area contributed by atoms with Gasteiger partial charge in [-0.3, -0.25) is 9.59 Å². The number of Topliss-reactive ketones (excluding diaryl/α,β-unsaturated/α-hetero) is 1. The molecule has 0 aliphatic heterocycles. The van der Waals surface area contributed by atoms with Gasteiger partial charge in [0.15, 0.2) is 5.78 Å². The average molecular weight is 275 g/mol. The summed E-state index contributed by atoms with van der Waals surface area (Å²) in [5, 5.41) is 11.1. The molecule has 4 nitrogen and oxygen atoms in total. The Morgan fingerprint density at radius 3 is 2.32 bits per heavy atom. The van der Waals surface area contributed by atoms with Crippen LogP contribution < -0.4 is 5.32 Å². The lowest BCUT2D eigenvalue weighted by Crippen LogP contribution is -2.52. The predicted molar refractivity (Wildman–Crippen MR) is 61.8 cm³/mol. The van der Waals surface area contributed by atoms with Crippen LogP contribution in [0.1, 0.15) is 24.2 Å². The fourth-order valence-electron chi connectivity index (χ4n) is 1.20. The number of benzene rings is 1. The number of hydrogen-bond donors (Lipinski definition) is 2. The molecule has 7 heteroatoms. The minimum Gasteiger partial charge on any atom is -0.373 e. The first-order valence-electron chi connectivity index (χ1n) is 5.27. The van der Waals surface area contributed by atoms with E-state index in [1.807, 2.05) is 5.32 Å². The van der Waals surface area contributed by atoms with Gasteiger partial charge in [-0.05, 0) is 26.0 Å². The molecule has 0 heterocycles.